The molecule has 1 heteroatoms. The molecule has 0 radical (unpaired) electrons. The van der Waals surface area contributed by atoms with E-state index in [4.69, 9.17) is 0 Å². The molecule has 0 nitrogen and oxygen atoms in total. The summed E-state index contributed by atoms with van der Waals surface area (Å²) in [5.41, 5.74) is 2.83. The Morgan fingerprint density at radius 1 is 0.533 bits per heavy atom. The Labute approximate surface area is 106 Å². The molecule has 0 unspecified atom stereocenters. The third-order valence-corrected chi connectivity index (χ3v) is 2.39. The van der Waals surface area contributed by atoms with Crippen molar-refractivity contribution in [3.05, 3.63) is 71.8 Å². The molecule has 0 N–H and O–H groups in total. The van der Waals surface area contributed by atoms with E-state index in [0.29, 0.717) is 0 Å². The van der Waals surface area contributed by atoms with Crippen molar-refractivity contribution < 1.29 is 21.7 Å². The van der Waals surface area contributed by atoms with Gasteiger partial charge in [-0.1, -0.05) is 60.7 Å². The van der Waals surface area contributed by atoms with Gasteiger partial charge in [-0.05, 0) is 24.0 Å². The smallest absolute Gasteiger partial charge is 0 e. The Kier molecular flexibility index (Phi) is 5.38. The fourth-order valence-corrected chi connectivity index (χ4v) is 1.58. The molecule has 15 heavy (non-hydrogen) atoms. The van der Waals surface area contributed by atoms with Gasteiger partial charge in [0.1, 0.15) is 0 Å². The summed E-state index contributed by atoms with van der Waals surface area (Å²) in [7, 11) is 0. The molecule has 0 aliphatic carbocycles. The largest absolute Gasteiger partial charge is 0.0622 e. The van der Waals surface area contributed by atoms with Crippen molar-refractivity contribution >= 4 is 0 Å². The molecule has 2 rings (SSSR count). The summed E-state index contributed by atoms with van der Waals surface area (Å²) in [6.07, 6.45) is 2.26. The molecule has 0 aliphatic rings. The molecule has 0 fully saturated rings. The first-order valence-electron chi connectivity index (χ1n) is 5.03. The summed E-state index contributed by atoms with van der Waals surface area (Å²) in [5, 5.41) is 0. The molecule has 0 atom stereocenters. The average molecular weight is 230 g/mol. The molecule has 74 valence electrons. The van der Waals surface area contributed by atoms with E-state index >= 15 is 0 Å². The average Bonchev–Trinajstić information content (AvgIpc) is 2.29. The van der Waals surface area contributed by atoms with Crippen molar-refractivity contribution in [2.75, 3.05) is 0 Å². The molecule has 2 aromatic rings. The second kappa shape index (κ2) is 6.60. The van der Waals surface area contributed by atoms with Crippen molar-refractivity contribution in [1.29, 1.82) is 0 Å². The zero-order valence-corrected chi connectivity index (χ0v) is 10.2. The van der Waals surface area contributed by atoms with Gasteiger partial charge < -0.3 is 0 Å². The normalized spacial score (nSPS) is 9.33. The molecule has 0 aliphatic heterocycles. The first-order valence-corrected chi connectivity index (χ1v) is 5.03. The Hall–Kier alpha value is -0.846. The molecule has 0 bridgehead atoms. The third-order valence-electron chi connectivity index (χ3n) is 2.39. The van der Waals surface area contributed by atoms with Crippen LogP contribution in [0, 0.1) is 0 Å². The molecule has 2 aromatic carbocycles. The summed E-state index contributed by atoms with van der Waals surface area (Å²) in [5.74, 6) is 0. The SMILES string of the molecule is [Ti].c1ccc(CCc2ccccc2)cc1. The van der Waals surface area contributed by atoms with Crippen LogP contribution in [0.1, 0.15) is 11.1 Å². The number of hydrogen-bond donors (Lipinski definition) is 0. The van der Waals surface area contributed by atoms with E-state index in [1.165, 1.54) is 11.1 Å². The van der Waals surface area contributed by atoms with E-state index < -0.39 is 0 Å². The standard InChI is InChI=1S/C14H14.Ti/c1-3-7-13(8-4-1)11-12-14-9-5-2-6-10-14;/h1-10H,11-12H2;. The quantitative estimate of drug-likeness (QED) is 0.708. The summed E-state index contributed by atoms with van der Waals surface area (Å²) in [4.78, 5) is 0. The van der Waals surface area contributed by atoms with E-state index in [1.54, 1.807) is 0 Å². The molecule has 0 amide bonds. The minimum atomic E-state index is 0. The zero-order chi connectivity index (χ0) is 9.64. The van der Waals surface area contributed by atoms with E-state index in [2.05, 4.69) is 60.7 Å². The van der Waals surface area contributed by atoms with Gasteiger partial charge in [0.05, 0.1) is 0 Å². The van der Waals surface area contributed by atoms with Gasteiger partial charge in [0.25, 0.3) is 0 Å². The maximum absolute atomic E-state index is 2.18. The van der Waals surface area contributed by atoms with Gasteiger partial charge >= 0.3 is 0 Å². The van der Waals surface area contributed by atoms with E-state index in [0.717, 1.165) is 12.8 Å². The molecule has 0 aromatic heterocycles. The van der Waals surface area contributed by atoms with Gasteiger partial charge in [-0.2, -0.15) is 0 Å². The van der Waals surface area contributed by atoms with Crippen LogP contribution in [-0.4, -0.2) is 0 Å². The van der Waals surface area contributed by atoms with Crippen molar-refractivity contribution in [1.82, 2.24) is 0 Å². The van der Waals surface area contributed by atoms with E-state index in [1.807, 2.05) is 0 Å². The summed E-state index contributed by atoms with van der Waals surface area (Å²) >= 11 is 0. The molecule has 0 saturated carbocycles. The fourth-order valence-electron chi connectivity index (χ4n) is 1.58. The van der Waals surface area contributed by atoms with Crippen molar-refractivity contribution in [3.8, 4) is 0 Å². The second-order valence-corrected chi connectivity index (χ2v) is 3.47. The van der Waals surface area contributed by atoms with Gasteiger partial charge in [0.2, 0.25) is 0 Å². The third kappa shape index (κ3) is 4.03. The van der Waals surface area contributed by atoms with Crippen LogP contribution in [-0.2, 0) is 34.6 Å². The molecule has 0 saturated heterocycles. The Balaban J connectivity index is 0.00000112. The zero-order valence-electron chi connectivity index (χ0n) is 8.69. The van der Waals surface area contributed by atoms with Crippen LogP contribution < -0.4 is 0 Å². The Bertz CT molecular complexity index is 328. The maximum Gasteiger partial charge on any atom is 0 e. The Morgan fingerprint density at radius 3 is 1.20 bits per heavy atom. The monoisotopic (exact) mass is 230 g/mol. The molecular formula is C14H14Ti. The summed E-state index contributed by atoms with van der Waals surface area (Å²) < 4.78 is 0. The van der Waals surface area contributed by atoms with Gasteiger partial charge in [-0.25, -0.2) is 0 Å². The molecular weight excluding hydrogens is 216 g/mol. The van der Waals surface area contributed by atoms with Gasteiger partial charge in [-0.3, -0.25) is 0 Å². The predicted molar refractivity (Wildman–Crippen MR) is 60.3 cm³/mol. The first kappa shape index (κ1) is 12.2. The van der Waals surface area contributed by atoms with E-state index in [-0.39, 0.29) is 21.7 Å². The first-order chi connectivity index (χ1) is 6.95. The van der Waals surface area contributed by atoms with Gasteiger partial charge in [0.15, 0.2) is 0 Å². The second-order valence-electron chi connectivity index (χ2n) is 3.47. The number of aryl methyl sites for hydroxylation is 2. The van der Waals surface area contributed by atoms with Crippen LogP contribution in [0.2, 0.25) is 0 Å². The van der Waals surface area contributed by atoms with Gasteiger partial charge in [-0.15, -0.1) is 0 Å². The van der Waals surface area contributed by atoms with Crippen LogP contribution in [0.3, 0.4) is 0 Å². The Morgan fingerprint density at radius 2 is 0.867 bits per heavy atom. The van der Waals surface area contributed by atoms with Crippen molar-refractivity contribution in [2.24, 2.45) is 0 Å². The van der Waals surface area contributed by atoms with Crippen LogP contribution in [0.25, 0.3) is 0 Å². The minimum absolute atomic E-state index is 0. The number of hydrogen-bond acceptors (Lipinski definition) is 0. The topological polar surface area (TPSA) is 0 Å². The predicted octanol–water partition coefficient (Wildman–Crippen LogP) is 3.47. The van der Waals surface area contributed by atoms with Crippen LogP contribution >= 0.6 is 0 Å². The molecule has 0 spiro atoms. The number of benzene rings is 2. The minimum Gasteiger partial charge on any atom is -0.0622 e. The van der Waals surface area contributed by atoms with Crippen molar-refractivity contribution in [2.45, 2.75) is 12.8 Å². The maximum atomic E-state index is 2.18. The summed E-state index contributed by atoms with van der Waals surface area (Å²) in [6, 6.07) is 21.2. The van der Waals surface area contributed by atoms with Gasteiger partial charge in [0, 0.05) is 21.7 Å². The van der Waals surface area contributed by atoms with Crippen molar-refractivity contribution in [3.63, 3.8) is 0 Å². The number of rotatable bonds is 3. The van der Waals surface area contributed by atoms with Crippen LogP contribution in [0.15, 0.2) is 60.7 Å². The van der Waals surface area contributed by atoms with E-state index in [9.17, 15) is 0 Å². The van der Waals surface area contributed by atoms with Crippen LogP contribution in [0.5, 0.6) is 0 Å². The molecule has 0 heterocycles. The van der Waals surface area contributed by atoms with Crippen LogP contribution in [0.4, 0.5) is 0 Å². The fraction of sp³-hybridized carbons (Fsp3) is 0.143. The summed E-state index contributed by atoms with van der Waals surface area (Å²) in [6.45, 7) is 0.